The largest absolute Gasteiger partial charge is 0.494 e. The van der Waals surface area contributed by atoms with Crippen molar-refractivity contribution in [2.24, 2.45) is 0 Å². The van der Waals surface area contributed by atoms with Crippen LogP contribution in [0.4, 0.5) is 5.69 Å². The second-order valence-corrected chi connectivity index (χ2v) is 7.38. The van der Waals surface area contributed by atoms with Gasteiger partial charge in [-0.15, -0.1) is 13.2 Å². The molecule has 3 aromatic rings. The molecule has 3 rings (SSSR count). The molecule has 5 heteroatoms. The van der Waals surface area contributed by atoms with Crippen LogP contribution in [0.1, 0.15) is 21.5 Å². The van der Waals surface area contributed by atoms with Crippen LogP contribution in [-0.2, 0) is 6.61 Å². The molecule has 0 aliphatic carbocycles. The molecule has 3 aromatic carbocycles. The maximum Gasteiger partial charge on any atom is 0.347 e. The number of hydrogen-bond donors (Lipinski definition) is 0. The number of hydrogen-bond acceptors (Lipinski definition) is 5. The number of rotatable bonds is 11. The predicted octanol–water partition coefficient (Wildman–Crippen LogP) is 5.98. The van der Waals surface area contributed by atoms with Gasteiger partial charge >= 0.3 is 5.97 Å². The third-order valence-corrected chi connectivity index (χ3v) is 5.10. The first-order valence-electron chi connectivity index (χ1n) is 10.7. The zero-order chi connectivity index (χ0) is 23.6. The van der Waals surface area contributed by atoms with E-state index in [-0.39, 0.29) is 0 Å². The van der Waals surface area contributed by atoms with Crippen molar-refractivity contribution in [3.8, 4) is 17.2 Å². The zero-order valence-electron chi connectivity index (χ0n) is 19.1. The molecule has 0 atom stereocenters. The van der Waals surface area contributed by atoms with E-state index in [2.05, 4.69) is 13.2 Å². The molecule has 0 unspecified atom stereocenters. The quantitative estimate of drug-likeness (QED) is 0.207. The molecule has 0 radical (unpaired) electrons. The fourth-order valence-electron chi connectivity index (χ4n) is 3.61. The lowest BCUT2D eigenvalue weighted by Gasteiger charge is -2.28. The first kappa shape index (κ1) is 23.7. The molecule has 0 amide bonds. The Hall–Kier alpha value is -3.99. The highest BCUT2D eigenvalue weighted by Gasteiger charge is 2.26. The average Bonchev–Trinajstić information content (AvgIpc) is 2.83. The summed E-state index contributed by atoms with van der Waals surface area (Å²) in [5, 5.41) is 0. The van der Waals surface area contributed by atoms with Gasteiger partial charge in [-0.2, -0.15) is 0 Å². The van der Waals surface area contributed by atoms with Crippen LogP contribution in [0.2, 0.25) is 0 Å². The van der Waals surface area contributed by atoms with Gasteiger partial charge in [-0.1, -0.05) is 60.7 Å². The van der Waals surface area contributed by atoms with Crippen LogP contribution in [0.3, 0.4) is 0 Å². The second kappa shape index (κ2) is 11.6. The minimum absolute atomic E-state index is 0.303. The second-order valence-electron chi connectivity index (χ2n) is 7.38. The van der Waals surface area contributed by atoms with E-state index >= 15 is 0 Å². The first-order valence-corrected chi connectivity index (χ1v) is 10.7. The van der Waals surface area contributed by atoms with Crippen LogP contribution in [-0.4, -0.2) is 26.2 Å². The van der Waals surface area contributed by atoms with E-state index in [1.807, 2.05) is 60.4 Å². The fourth-order valence-corrected chi connectivity index (χ4v) is 3.61. The molecule has 33 heavy (non-hydrogen) atoms. The Morgan fingerprint density at radius 1 is 0.939 bits per heavy atom. The molecule has 0 bridgehead atoms. The molecule has 0 N–H and O–H groups in total. The van der Waals surface area contributed by atoms with Crippen molar-refractivity contribution in [2.75, 3.05) is 25.1 Å². The van der Waals surface area contributed by atoms with Gasteiger partial charge in [-0.25, -0.2) is 4.79 Å². The van der Waals surface area contributed by atoms with Gasteiger partial charge in [0.2, 0.25) is 0 Å². The molecule has 0 aromatic heterocycles. The van der Waals surface area contributed by atoms with Gasteiger partial charge < -0.3 is 19.1 Å². The predicted molar refractivity (Wildman–Crippen MR) is 133 cm³/mol. The number of carbonyl (C=O) groups is 1. The topological polar surface area (TPSA) is 48.0 Å². The van der Waals surface area contributed by atoms with Crippen molar-refractivity contribution < 1.29 is 19.0 Å². The summed E-state index contributed by atoms with van der Waals surface area (Å²) in [5.74, 6) is 0.954. The van der Waals surface area contributed by atoms with Crippen LogP contribution in [0.25, 0.3) is 0 Å². The Balaban J connectivity index is 2.09. The summed E-state index contributed by atoms with van der Waals surface area (Å²) < 4.78 is 17.5. The van der Waals surface area contributed by atoms with Crippen molar-refractivity contribution in [3.63, 3.8) is 0 Å². The third-order valence-electron chi connectivity index (χ3n) is 5.10. The summed E-state index contributed by atoms with van der Waals surface area (Å²) in [5.41, 5.74) is 2.80. The maximum atomic E-state index is 13.4. The molecule has 0 aliphatic rings. The summed E-state index contributed by atoms with van der Waals surface area (Å²) in [4.78, 5) is 15.4. The van der Waals surface area contributed by atoms with Crippen molar-refractivity contribution in [2.45, 2.75) is 13.5 Å². The Bertz CT molecular complexity index is 1080. The summed E-state index contributed by atoms with van der Waals surface area (Å²) >= 11 is 0. The highest BCUT2D eigenvalue weighted by atomic mass is 16.5. The fraction of sp³-hybridized carbons (Fsp3) is 0.179. The number of methoxy groups -OCH3 is 1. The molecule has 170 valence electrons. The standard InChI is InChI=1S/C28H29NO4/c1-5-17-29(18-6-2)27-21(3)26(28(30)33-23-15-11-8-12-16-23)24(19-25(27)31-4)32-20-22-13-9-7-10-14-22/h5-16,19H,1-2,17-18,20H2,3-4H3. The first-order chi connectivity index (χ1) is 16.1. The van der Waals surface area contributed by atoms with E-state index in [1.165, 1.54) is 0 Å². The van der Waals surface area contributed by atoms with Gasteiger partial charge in [-0.05, 0) is 30.2 Å². The Kier molecular flexibility index (Phi) is 8.30. The van der Waals surface area contributed by atoms with Crippen molar-refractivity contribution in [1.29, 1.82) is 0 Å². The lowest BCUT2D eigenvalue weighted by Crippen LogP contribution is -2.26. The van der Waals surface area contributed by atoms with E-state index in [4.69, 9.17) is 14.2 Å². The van der Waals surface area contributed by atoms with Crippen LogP contribution in [0.5, 0.6) is 17.2 Å². The minimum atomic E-state index is -0.497. The molecule has 0 saturated carbocycles. The SMILES string of the molecule is C=CCN(CC=C)c1c(OC)cc(OCc2ccccc2)c(C(=O)Oc2ccccc2)c1C. The molecule has 0 saturated heterocycles. The zero-order valence-corrected chi connectivity index (χ0v) is 19.1. The van der Waals surface area contributed by atoms with E-state index in [9.17, 15) is 4.79 Å². The molecule has 5 nitrogen and oxygen atoms in total. The molecule has 0 aliphatic heterocycles. The average molecular weight is 444 g/mol. The van der Waals surface area contributed by atoms with Crippen molar-refractivity contribution >= 4 is 11.7 Å². The highest BCUT2D eigenvalue weighted by molar-refractivity contribution is 5.98. The lowest BCUT2D eigenvalue weighted by atomic mass is 10.0. The Morgan fingerprint density at radius 3 is 2.12 bits per heavy atom. The van der Waals surface area contributed by atoms with E-state index < -0.39 is 5.97 Å². The highest BCUT2D eigenvalue weighted by Crippen LogP contribution is 2.40. The number of anilines is 1. The van der Waals surface area contributed by atoms with Gasteiger partial charge in [0.15, 0.2) is 0 Å². The third kappa shape index (κ3) is 5.83. The number of para-hydroxylation sites is 1. The van der Waals surface area contributed by atoms with Crippen molar-refractivity contribution in [1.82, 2.24) is 0 Å². The van der Waals surface area contributed by atoms with Crippen LogP contribution < -0.4 is 19.1 Å². The summed E-state index contributed by atoms with van der Waals surface area (Å²) in [6, 6.07) is 20.5. The van der Waals surface area contributed by atoms with Crippen LogP contribution >= 0.6 is 0 Å². The van der Waals surface area contributed by atoms with Gasteiger partial charge in [-0.3, -0.25) is 0 Å². The molecule has 0 spiro atoms. The Labute approximate surface area is 195 Å². The normalized spacial score (nSPS) is 10.2. The number of esters is 1. The number of ether oxygens (including phenoxy) is 3. The van der Waals surface area contributed by atoms with Gasteiger partial charge in [0.25, 0.3) is 0 Å². The monoisotopic (exact) mass is 443 g/mol. The summed E-state index contributed by atoms with van der Waals surface area (Å²) in [6.45, 7) is 11.0. The summed E-state index contributed by atoms with van der Waals surface area (Å²) in [6.07, 6.45) is 3.59. The van der Waals surface area contributed by atoms with Gasteiger partial charge in [0, 0.05) is 19.2 Å². The minimum Gasteiger partial charge on any atom is -0.494 e. The smallest absolute Gasteiger partial charge is 0.347 e. The molecular weight excluding hydrogens is 414 g/mol. The molecule has 0 heterocycles. The maximum absolute atomic E-state index is 13.4. The number of nitrogens with zero attached hydrogens (tertiary/aromatic N) is 1. The van der Waals surface area contributed by atoms with E-state index in [0.717, 1.165) is 11.3 Å². The van der Waals surface area contributed by atoms with Crippen LogP contribution in [0.15, 0.2) is 92.0 Å². The summed E-state index contributed by atoms with van der Waals surface area (Å²) in [7, 11) is 1.60. The lowest BCUT2D eigenvalue weighted by molar-refractivity contribution is 0.0729. The van der Waals surface area contributed by atoms with Crippen LogP contribution in [0, 0.1) is 6.92 Å². The Morgan fingerprint density at radius 2 is 1.55 bits per heavy atom. The number of benzene rings is 3. The van der Waals surface area contributed by atoms with E-state index in [1.54, 1.807) is 37.5 Å². The molecular formula is C28H29NO4. The number of carbonyl (C=O) groups excluding carboxylic acids is 1. The van der Waals surface area contributed by atoms with Crippen molar-refractivity contribution in [3.05, 3.63) is 109 Å². The van der Waals surface area contributed by atoms with E-state index in [0.29, 0.717) is 48.1 Å². The molecule has 0 fully saturated rings. The van der Waals surface area contributed by atoms with Gasteiger partial charge in [0.1, 0.15) is 29.4 Å². The van der Waals surface area contributed by atoms with Gasteiger partial charge in [0.05, 0.1) is 12.8 Å².